The molecule has 1 aliphatic heterocycles. The van der Waals surface area contributed by atoms with E-state index >= 15 is 0 Å². The van der Waals surface area contributed by atoms with Crippen LogP contribution in [-0.4, -0.2) is 31.1 Å². The largest absolute Gasteiger partial charge is 0.311 e. The summed E-state index contributed by atoms with van der Waals surface area (Å²) in [6.07, 6.45) is 4.45. The molecule has 2 aliphatic rings. The maximum absolute atomic E-state index is 3.56. The summed E-state index contributed by atoms with van der Waals surface area (Å²) in [5, 5.41) is 5.71. The van der Waals surface area contributed by atoms with Gasteiger partial charge < -0.3 is 10.2 Å². The molecule has 1 saturated carbocycles. The Balaban J connectivity index is 1.33. The first-order valence-corrected chi connectivity index (χ1v) is 8.64. The highest BCUT2D eigenvalue weighted by atomic mass is 79.9. The summed E-state index contributed by atoms with van der Waals surface area (Å²) < 4.78 is 1.21. The molecule has 0 bridgehead atoms. The second-order valence-electron chi connectivity index (χ2n) is 5.62. The SMILES string of the molecule is Brc1csc(CNCCN2CC3CCCC3C2)c1. The monoisotopic (exact) mass is 328 g/mol. The maximum atomic E-state index is 3.56. The van der Waals surface area contributed by atoms with Crippen molar-refractivity contribution in [2.24, 2.45) is 11.8 Å². The van der Waals surface area contributed by atoms with E-state index in [1.54, 1.807) is 0 Å². The van der Waals surface area contributed by atoms with Gasteiger partial charge in [-0.2, -0.15) is 0 Å². The van der Waals surface area contributed by atoms with Gasteiger partial charge in [-0.25, -0.2) is 0 Å². The standard InChI is InChI=1S/C14H21BrN2S/c15-13-6-14(18-10-13)7-16-4-5-17-8-11-2-1-3-12(11)9-17/h6,10-12,16H,1-5,7-9H2. The predicted molar refractivity (Wildman–Crippen MR) is 81.0 cm³/mol. The molecule has 1 aliphatic carbocycles. The maximum Gasteiger partial charge on any atom is 0.0300 e. The smallest absolute Gasteiger partial charge is 0.0300 e. The Labute approximate surface area is 122 Å². The van der Waals surface area contributed by atoms with E-state index in [2.05, 4.69) is 37.6 Å². The van der Waals surface area contributed by atoms with Crippen LogP contribution in [-0.2, 0) is 6.54 Å². The molecule has 2 heterocycles. The van der Waals surface area contributed by atoms with Crippen LogP contribution in [0.1, 0.15) is 24.1 Å². The summed E-state index contributed by atoms with van der Waals surface area (Å²) in [5.41, 5.74) is 0. The highest BCUT2D eigenvalue weighted by Gasteiger charge is 2.35. The van der Waals surface area contributed by atoms with E-state index in [4.69, 9.17) is 0 Å². The Morgan fingerprint density at radius 2 is 2.11 bits per heavy atom. The molecule has 4 heteroatoms. The predicted octanol–water partition coefficient (Wildman–Crippen LogP) is 3.33. The van der Waals surface area contributed by atoms with Crippen molar-refractivity contribution < 1.29 is 0 Å². The van der Waals surface area contributed by atoms with Gasteiger partial charge in [0.1, 0.15) is 0 Å². The number of nitrogens with one attached hydrogen (secondary N) is 1. The van der Waals surface area contributed by atoms with Crippen LogP contribution in [0.3, 0.4) is 0 Å². The van der Waals surface area contributed by atoms with Gasteiger partial charge in [0.15, 0.2) is 0 Å². The highest BCUT2D eigenvalue weighted by molar-refractivity contribution is 9.10. The lowest BCUT2D eigenvalue weighted by Gasteiger charge is -2.16. The first-order valence-electron chi connectivity index (χ1n) is 6.97. The van der Waals surface area contributed by atoms with Crippen molar-refractivity contribution in [1.82, 2.24) is 10.2 Å². The van der Waals surface area contributed by atoms with Gasteiger partial charge in [0.25, 0.3) is 0 Å². The normalized spacial score (nSPS) is 27.8. The topological polar surface area (TPSA) is 15.3 Å². The Kier molecular flexibility index (Phi) is 4.39. The lowest BCUT2D eigenvalue weighted by molar-refractivity contribution is 0.309. The minimum atomic E-state index is 1.01. The van der Waals surface area contributed by atoms with Crippen molar-refractivity contribution >= 4 is 27.3 Å². The molecule has 100 valence electrons. The molecular formula is C14H21BrN2S. The first-order chi connectivity index (χ1) is 8.81. The van der Waals surface area contributed by atoms with Crippen molar-refractivity contribution in [3.05, 3.63) is 20.8 Å². The second kappa shape index (κ2) is 6.04. The third kappa shape index (κ3) is 3.16. The van der Waals surface area contributed by atoms with E-state index in [-0.39, 0.29) is 0 Å². The minimum Gasteiger partial charge on any atom is -0.311 e. The van der Waals surface area contributed by atoms with E-state index in [1.807, 2.05) is 11.3 Å². The van der Waals surface area contributed by atoms with Crippen LogP contribution < -0.4 is 5.32 Å². The van der Waals surface area contributed by atoms with Crippen molar-refractivity contribution in [2.75, 3.05) is 26.2 Å². The highest BCUT2D eigenvalue weighted by Crippen LogP contribution is 2.37. The van der Waals surface area contributed by atoms with Crippen molar-refractivity contribution in [3.63, 3.8) is 0 Å². The third-order valence-corrected chi connectivity index (χ3v) is 6.03. The molecule has 3 rings (SSSR count). The van der Waals surface area contributed by atoms with E-state index in [1.165, 1.54) is 48.2 Å². The van der Waals surface area contributed by atoms with Crippen LogP contribution >= 0.6 is 27.3 Å². The van der Waals surface area contributed by atoms with Gasteiger partial charge in [-0.15, -0.1) is 11.3 Å². The number of likely N-dealkylation sites (tertiary alicyclic amines) is 1. The molecule has 2 atom stereocenters. The number of rotatable bonds is 5. The molecule has 1 saturated heterocycles. The lowest BCUT2D eigenvalue weighted by atomic mass is 10.0. The molecule has 1 aromatic rings. The van der Waals surface area contributed by atoms with Gasteiger partial charge >= 0.3 is 0 Å². The zero-order valence-corrected chi connectivity index (χ0v) is 13.1. The van der Waals surface area contributed by atoms with Crippen molar-refractivity contribution in [1.29, 1.82) is 0 Å². The van der Waals surface area contributed by atoms with Crippen LogP contribution in [0.4, 0.5) is 0 Å². The van der Waals surface area contributed by atoms with Gasteiger partial charge in [-0.1, -0.05) is 6.42 Å². The summed E-state index contributed by atoms with van der Waals surface area (Å²) in [7, 11) is 0. The van der Waals surface area contributed by atoms with Gasteiger partial charge in [-0.3, -0.25) is 0 Å². The summed E-state index contributed by atoms with van der Waals surface area (Å²) in [5.74, 6) is 2.05. The fourth-order valence-electron chi connectivity index (χ4n) is 3.41. The molecule has 1 aromatic heterocycles. The van der Waals surface area contributed by atoms with Crippen LogP contribution in [0, 0.1) is 11.8 Å². The van der Waals surface area contributed by atoms with E-state index in [9.17, 15) is 0 Å². The Morgan fingerprint density at radius 1 is 1.33 bits per heavy atom. The van der Waals surface area contributed by atoms with Crippen LogP contribution in [0.15, 0.2) is 15.9 Å². The number of fused-ring (bicyclic) bond motifs is 1. The lowest BCUT2D eigenvalue weighted by Crippen LogP contribution is -2.30. The van der Waals surface area contributed by atoms with Crippen molar-refractivity contribution in [3.8, 4) is 0 Å². The number of hydrogen-bond donors (Lipinski definition) is 1. The quantitative estimate of drug-likeness (QED) is 0.834. The Morgan fingerprint density at radius 3 is 2.78 bits per heavy atom. The van der Waals surface area contributed by atoms with Crippen molar-refractivity contribution in [2.45, 2.75) is 25.8 Å². The first kappa shape index (κ1) is 13.1. The number of halogens is 1. The third-order valence-electron chi connectivity index (χ3n) is 4.33. The summed E-state index contributed by atoms with van der Waals surface area (Å²) in [6, 6.07) is 2.21. The zero-order valence-electron chi connectivity index (χ0n) is 10.7. The molecule has 0 spiro atoms. The molecule has 0 aromatic carbocycles. The molecule has 0 radical (unpaired) electrons. The molecule has 1 N–H and O–H groups in total. The van der Waals surface area contributed by atoms with Crippen LogP contribution in [0.5, 0.6) is 0 Å². The van der Waals surface area contributed by atoms with Crippen LogP contribution in [0.2, 0.25) is 0 Å². The number of nitrogens with zero attached hydrogens (tertiary/aromatic N) is 1. The van der Waals surface area contributed by atoms with Gasteiger partial charge in [0.05, 0.1) is 0 Å². The summed E-state index contributed by atoms with van der Waals surface area (Å²) in [6.45, 7) is 6.07. The number of thiophene rings is 1. The average molecular weight is 329 g/mol. The fourth-order valence-corrected chi connectivity index (χ4v) is 4.83. The Hall–Kier alpha value is 0.1000. The van der Waals surface area contributed by atoms with Gasteiger partial charge in [-0.05, 0) is 46.7 Å². The number of hydrogen-bond acceptors (Lipinski definition) is 3. The summed E-state index contributed by atoms with van der Waals surface area (Å²) >= 11 is 5.32. The fraction of sp³-hybridized carbons (Fsp3) is 0.714. The zero-order chi connectivity index (χ0) is 12.4. The van der Waals surface area contributed by atoms with Crippen LogP contribution in [0.25, 0.3) is 0 Å². The van der Waals surface area contributed by atoms with E-state index < -0.39 is 0 Å². The molecular weight excluding hydrogens is 308 g/mol. The molecule has 2 nitrogen and oxygen atoms in total. The Bertz CT molecular complexity index is 381. The average Bonchev–Trinajstić information content (AvgIpc) is 3.00. The minimum absolute atomic E-state index is 1.01. The molecule has 2 fully saturated rings. The van der Waals surface area contributed by atoms with Gasteiger partial charge in [0, 0.05) is 47.5 Å². The molecule has 2 unspecified atom stereocenters. The van der Waals surface area contributed by atoms with E-state index in [0.717, 1.165) is 24.9 Å². The summed E-state index contributed by atoms with van der Waals surface area (Å²) in [4.78, 5) is 4.08. The molecule has 18 heavy (non-hydrogen) atoms. The van der Waals surface area contributed by atoms with Gasteiger partial charge in [0.2, 0.25) is 0 Å². The van der Waals surface area contributed by atoms with E-state index in [0.29, 0.717) is 0 Å². The second-order valence-corrected chi connectivity index (χ2v) is 7.53. The molecule has 0 amide bonds.